The van der Waals surface area contributed by atoms with Crippen LogP contribution in [-0.4, -0.2) is 13.2 Å². The molecule has 0 saturated carbocycles. The summed E-state index contributed by atoms with van der Waals surface area (Å²) in [5.41, 5.74) is 2.77. The monoisotopic (exact) mass is 248 g/mol. The van der Waals surface area contributed by atoms with Crippen molar-refractivity contribution in [2.45, 2.75) is 25.8 Å². The van der Waals surface area contributed by atoms with E-state index in [0.717, 1.165) is 29.3 Å². The van der Waals surface area contributed by atoms with Gasteiger partial charge in [0, 0.05) is 18.1 Å². The molecule has 0 amide bonds. The smallest absolute Gasteiger partial charge is 0.0590 e. The molecule has 1 aromatic heterocycles. The van der Waals surface area contributed by atoms with Crippen LogP contribution < -0.4 is 11.3 Å². The normalized spacial score (nSPS) is 13.0. The lowest BCUT2D eigenvalue weighted by Gasteiger charge is -2.14. The SMILES string of the molecule is CCCOCCC(NN)c1sccc1Cl. The highest BCUT2D eigenvalue weighted by atomic mass is 35.5. The molecule has 1 rings (SSSR count). The first-order valence-corrected chi connectivity index (χ1v) is 6.32. The van der Waals surface area contributed by atoms with E-state index in [2.05, 4.69) is 12.3 Å². The van der Waals surface area contributed by atoms with Crippen molar-refractivity contribution in [1.82, 2.24) is 5.43 Å². The number of thiophene rings is 1. The second kappa shape index (κ2) is 7.19. The maximum atomic E-state index is 6.03. The molecule has 1 unspecified atom stereocenters. The highest BCUT2D eigenvalue weighted by Gasteiger charge is 2.14. The number of hydrogen-bond donors (Lipinski definition) is 2. The van der Waals surface area contributed by atoms with Gasteiger partial charge in [-0.05, 0) is 24.3 Å². The summed E-state index contributed by atoms with van der Waals surface area (Å²) in [6, 6.07) is 1.98. The molecule has 0 radical (unpaired) electrons. The minimum atomic E-state index is 0.0920. The lowest BCUT2D eigenvalue weighted by Crippen LogP contribution is -2.28. The van der Waals surface area contributed by atoms with Crippen molar-refractivity contribution in [3.63, 3.8) is 0 Å². The first-order valence-electron chi connectivity index (χ1n) is 5.06. The summed E-state index contributed by atoms with van der Waals surface area (Å²) in [5, 5.41) is 2.74. The maximum absolute atomic E-state index is 6.03. The Morgan fingerprint density at radius 2 is 2.40 bits per heavy atom. The summed E-state index contributed by atoms with van der Waals surface area (Å²) in [7, 11) is 0. The van der Waals surface area contributed by atoms with Crippen molar-refractivity contribution in [2.24, 2.45) is 5.84 Å². The molecule has 86 valence electrons. The Hall–Kier alpha value is -0.130. The van der Waals surface area contributed by atoms with Crippen molar-refractivity contribution < 1.29 is 4.74 Å². The molecule has 1 atom stereocenters. The zero-order valence-corrected chi connectivity index (χ0v) is 10.4. The zero-order chi connectivity index (χ0) is 11.1. The molecule has 0 aromatic carbocycles. The van der Waals surface area contributed by atoms with Gasteiger partial charge in [-0.1, -0.05) is 18.5 Å². The van der Waals surface area contributed by atoms with Crippen LogP contribution in [0.4, 0.5) is 0 Å². The number of nitrogens with two attached hydrogens (primary N) is 1. The topological polar surface area (TPSA) is 47.3 Å². The van der Waals surface area contributed by atoms with Gasteiger partial charge in [0.05, 0.1) is 11.1 Å². The molecule has 0 bridgehead atoms. The molecule has 0 aliphatic carbocycles. The van der Waals surface area contributed by atoms with Crippen molar-refractivity contribution in [2.75, 3.05) is 13.2 Å². The fourth-order valence-corrected chi connectivity index (χ4v) is 2.58. The second-order valence-electron chi connectivity index (χ2n) is 3.25. The molecule has 5 heteroatoms. The van der Waals surface area contributed by atoms with Crippen LogP contribution in [0.5, 0.6) is 0 Å². The van der Waals surface area contributed by atoms with Crippen LogP contribution in [-0.2, 0) is 4.74 Å². The quantitative estimate of drug-likeness (QED) is 0.443. The minimum Gasteiger partial charge on any atom is -0.381 e. The van der Waals surface area contributed by atoms with Crippen LogP contribution in [0, 0.1) is 0 Å². The summed E-state index contributed by atoms with van der Waals surface area (Å²) in [5.74, 6) is 5.49. The summed E-state index contributed by atoms with van der Waals surface area (Å²) in [4.78, 5) is 1.08. The molecular weight excluding hydrogens is 232 g/mol. The Kier molecular flexibility index (Phi) is 6.20. The molecule has 0 aliphatic rings. The number of rotatable bonds is 7. The van der Waals surface area contributed by atoms with Crippen LogP contribution in [0.15, 0.2) is 11.4 Å². The van der Waals surface area contributed by atoms with Gasteiger partial charge < -0.3 is 4.74 Å². The summed E-state index contributed by atoms with van der Waals surface area (Å²) in [6.07, 6.45) is 1.89. The van der Waals surface area contributed by atoms with E-state index in [1.807, 2.05) is 11.4 Å². The molecule has 1 heterocycles. The largest absolute Gasteiger partial charge is 0.381 e. The van der Waals surface area contributed by atoms with Gasteiger partial charge in [-0.25, -0.2) is 0 Å². The van der Waals surface area contributed by atoms with Crippen molar-refractivity contribution in [1.29, 1.82) is 0 Å². The van der Waals surface area contributed by atoms with Crippen molar-refractivity contribution >= 4 is 22.9 Å². The first kappa shape index (κ1) is 12.9. The molecule has 15 heavy (non-hydrogen) atoms. The molecule has 1 aromatic rings. The first-order chi connectivity index (χ1) is 7.29. The van der Waals surface area contributed by atoms with Crippen molar-refractivity contribution in [3.8, 4) is 0 Å². The van der Waals surface area contributed by atoms with E-state index in [4.69, 9.17) is 22.2 Å². The van der Waals surface area contributed by atoms with E-state index in [1.165, 1.54) is 0 Å². The Labute approximate surface area is 99.5 Å². The third-order valence-electron chi connectivity index (χ3n) is 2.06. The molecule has 3 nitrogen and oxygen atoms in total. The highest BCUT2D eigenvalue weighted by Crippen LogP contribution is 2.29. The van der Waals surface area contributed by atoms with E-state index in [-0.39, 0.29) is 6.04 Å². The predicted molar refractivity (Wildman–Crippen MR) is 65.1 cm³/mol. The number of ether oxygens (including phenoxy) is 1. The standard InChI is InChI=1S/C10H17ClN2OS/c1-2-5-14-6-3-9(13-12)10-8(11)4-7-15-10/h4,7,9,13H,2-3,5-6,12H2,1H3. The lowest BCUT2D eigenvalue weighted by atomic mass is 10.2. The summed E-state index contributed by atoms with van der Waals surface area (Å²) < 4.78 is 5.42. The number of hydrogen-bond acceptors (Lipinski definition) is 4. The van der Waals surface area contributed by atoms with Gasteiger partial charge >= 0.3 is 0 Å². The summed E-state index contributed by atoms with van der Waals surface area (Å²) >= 11 is 7.64. The fraction of sp³-hybridized carbons (Fsp3) is 0.600. The lowest BCUT2D eigenvalue weighted by molar-refractivity contribution is 0.125. The fourth-order valence-electron chi connectivity index (χ4n) is 1.29. The van der Waals surface area contributed by atoms with E-state index < -0.39 is 0 Å². The van der Waals surface area contributed by atoms with Crippen LogP contribution in [0.3, 0.4) is 0 Å². The average Bonchev–Trinajstić information content (AvgIpc) is 2.65. The van der Waals surface area contributed by atoms with Gasteiger partial charge in [-0.15, -0.1) is 11.3 Å². The van der Waals surface area contributed by atoms with Gasteiger partial charge in [0.15, 0.2) is 0 Å². The highest BCUT2D eigenvalue weighted by molar-refractivity contribution is 7.10. The van der Waals surface area contributed by atoms with Crippen LogP contribution in [0.2, 0.25) is 5.02 Å². The zero-order valence-electron chi connectivity index (χ0n) is 8.83. The Balaban J connectivity index is 2.39. The second-order valence-corrected chi connectivity index (χ2v) is 4.61. The van der Waals surface area contributed by atoms with Crippen LogP contribution in [0.1, 0.15) is 30.7 Å². The molecule has 0 fully saturated rings. The van der Waals surface area contributed by atoms with Crippen molar-refractivity contribution in [3.05, 3.63) is 21.3 Å². The van der Waals surface area contributed by atoms with Gasteiger partial charge in [0.2, 0.25) is 0 Å². The molecule has 0 saturated heterocycles. The molecule has 3 N–H and O–H groups in total. The maximum Gasteiger partial charge on any atom is 0.0590 e. The van der Waals surface area contributed by atoms with E-state index in [9.17, 15) is 0 Å². The van der Waals surface area contributed by atoms with E-state index >= 15 is 0 Å². The molecule has 0 aliphatic heterocycles. The number of hydrazine groups is 1. The van der Waals surface area contributed by atoms with Crippen LogP contribution >= 0.6 is 22.9 Å². The molecule has 0 spiro atoms. The number of nitrogens with one attached hydrogen (secondary N) is 1. The third-order valence-corrected chi connectivity index (χ3v) is 3.53. The Morgan fingerprint density at radius 1 is 1.60 bits per heavy atom. The van der Waals surface area contributed by atoms with Gasteiger partial charge in [-0.3, -0.25) is 11.3 Å². The summed E-state index contributed by atoms with van der Waals surface area (Å²) in [6.45, 7) is 3.60. The Bertz CT molecular complexity index is 280. The van der Waals surface area contributed by atoms with E-state index in [0.29, 0.717) is 6.61 Å². The Morgan fingerprint density at radius 3 is 2.93 bits per heavy atom. The van der Waals surface area contributed by atoms with Gasteiger partial charge in [-0.2, -0.15) is 0 Å². The van der Waals surface area contributed by atoms with Gasteiger partial charge in [0.25, 0.3) is 0 Å². The van der Waals surface area contributed by atoms with Crippen LogP contribution in [0.25, 0.3) is 0 Å². The van der Waals surface area contributed by atoms with E-state index in [1.54, 1.807) is 11.3 Å². The average molecular weight is 249 g/mol. The van der Waals surface area contributed by atoms with Gasteiger partial charge in [0.1, 0.15) is 0 Å². The minimum absolute atomic E-state index is 0.0920. The molecular formula is C10H17ClN2OS. The number of halogens is 1. The predicted octanol–water partition coefficient (Wildman–Crippen LogP) is 2.72. The third kappa shape index (κ3) is 4.09.